The average molecular weight is 149 g/mol. The van der Waals surface area contributed by atoms with Crippen LogP contribution in [0.25, 0.3) is 0 Å². The van der Waals surface area contributed by atoms with Crippen LogP contribution in [-0.4, -0.2) is 9.78 Å². The van der Waals surface area contributed by atoms with E-state index >= 15 is 0 Å². The molecule has 1 aromatic rings. The van der Waals surface area contributed by atoms with Gasteiger partial charge in [0.1, 0.15) is 0 Å². The van der Waals surface area contributed by atoms with E-state index in [0.29, 0.717) is 13.0 Å². The molecule has 0 atom stereocenters. The van der Waals surface area contributed by atoms with E-state index < -0.39 is 0 Å². The summed E-state index contributed by atoms with van der Waals surface area (Å²) in [4.78, 5) is 10.9. The van der Waals surface area contributed by atoms with Crippen molar-refractivity contribution in [2.24, 2.45) is 0 Å². The molecular weight excluding hydrogens is 142 g/mol. The van der Waals surface area contributed by atoms with Crippen molar-refractivity contribution >= 4 is 0 Å². The molecule has 0 saturated carbocycles. The molecule has 0 amide bonds. The molecule has 4 nitrogen and oxygen atoms in total. The second-order valence-electron chi connectivity index (χ2n) is 1.99. The predicted octanol–water partition coefficient (Wildman–Crippen LogP) is 0.157. The Morgan fingerprint density at radius 3 is 3.18 bits per heavy atom. The second kappa shape index (κ2) is 3.52. The minimum atomic E-state index is -0.164. The Bertz CT molecular complexity index is 323. The second-order valence-corrected chi connectivity index (χ2v) is 1.99. The third kappa shape index (κ3) is 1.90. The van der Waals surface area contributed by atoms with E-state index in [1.807, 2.05) is 6.07 Å². The molecule has 0 N–H and O–H groups in total. The molecule has 0 aliphatic heterocycles. The summed E-state index contributed by atoms with van der Waals surface area (Å²) in [5.41, 5.74) is -0.164. The summed E-state index contributed by atoms with van der Waals surface area (Å²) in [5, 5.41) is 12.0. The average Bonchev–Trinajstić information content (AvgIpc) is 2.03. The van der Waals surface area contributed by atoms with E-state index in [0.717, 1.165) is 0 Å². The van der Waals surface area contributed by atoms with Crippen LogP contribution in [-0.2, 0) is 6.54 Å². The maximum absolute atomic E-state index is 10.9. The van der Waals surface area contributed by atoms with Gasteiger partial charge < -0.3 is 0 Å². The molecule has 0 saturated heterocycles. The zero-order valence-corrected chi connectivity index (χ0v) is 5.90. The molecule has 56 valence electrons. The molecule has 1 aromatic heterocycles. The highest BCUT2D eigenvalue weighted by Crippen LogP contribution is 1.80. The Balaban J connectivity index is 2.80. The van der Waals surface area contributed by atoms with E-state index in [2.05, 4.69) is 5.10 Å². The van der Waals surface area contributed by atoms with Gasteiger partial charge in [0, 0.05) is 12.3 Å². The van der Waals surface area contributed by atoms with Crippen molar-refractivity contribution in [3.05, 3.63) is 28.7 Å². The van der Waals surface area contributed by atoms with Crippen molar-refractivity contribution in [3.8, 4) is 6.07 Å². The first-order valence-electron chi connectivity index (χ1n) is 3.23. The monoisotopic (exact) mass is 149 g/mol. The Kier molecular flexibility index (Phi) is 2.39. The summed E-state index contributed by atoms with van der Waals surface area (Å²) in [6.07, 6.45) is 1.84. The van der Waals surface area contributed by atoms with Gasteiger partial charge in [-0.3, -0.25) is 4.79 Å². The van der Waals surface area contributed by atoms with E-state index in [1.54, 1.807) is 6.07 Å². The lowest BCUT2D eigenvalue weighted by Gasteiger charge is -1.96. The highest BCUT2D eigenvalue weighted by atomic mass is 16.1. The molecular formula is C7H7N3O. The number of aromatic nitrogens is 2. The molecule has 0 fully saturated rings. The molecule has 0 aliphatic carbocycles. The van der Waals surface area contributed by atoms with Gasteiger partial charge in [-0.1, -0.05) is 0 Å². The van der Waals surface area contributed by atoms with Gasteiger partial charge >= 0.3 is 0 Å². The fourth-order valence-electron chi connectivity index (χ4n) is 0.711. The number of nitriles is 1. The lowest BCUT2D eigenvalue weighted by atomic mass is 10.4. The summed E-state index contributed by atoms with van der Waals surface area (Å²) < 4.78 is 1.27. The lowest BCUT2D eigenvalue weighted by Crippen LogP contribution is -2.20. The van der Waals surface area contributed by atoms with Crippen LogP contribution in [0.3, 0.4) is 0 Å². The molecule has 0 aliphatic rings. The molecule has 1 heterocycles. The third-order valence-electron chi connectivity index (χ3n) is 1.22. The quantitative estimate of drug-likeness (QED) is 0.601. The highest BCUT2D eigenvalue weighted by molar-refractivity contribution is 4.85. The molecule has 0 radical (unpaired) electrons. The Morgan fingerprint density at radius 1 is 1.73 bits per heavy atom. The van der Waals surface area contributed by atoms with Gasteiger partial charge in [-0.05, 0) is 6.07 Å². The molecule has 11 heavy (non-hydrogen) atoms. The van der Waals surface area contributed by atoms with Crippen LogP contribution in [0.15, 0.2) is 23.1 Å². The van der Waals surface area contributed by atoms with Crippen LogP contribution >= 0.6 is 0 Å². The fourth-order valence-corrected chi connectivity index (χ4v) is 0.711. The SMILES string of the molecule is N#CCCn1ncccc1=O. The third-order valence-corrected chi connectivity index (χ3v) is 1.22. The smallest absolute Gasteiger partial charge is 0.266 e. The van der Waals surface area contributed by atoms with Crippen molar-refractivity contribution < 1.29 is 0 Å². The first-order chi connectivity index (χ1) is 5.34. The number of aryl methyl sites for hydroxylation is 1. The molecule has 0 unspecified atom stereocenters. The molecule has 4 heteroatoms. The summed E-state index contributed by atoms with van der Waals surface area (Å²) in [5.74, 6) is 0. The van der Waals surface area contributed by atoms with Gasteiger partial charge in [0.2, 0.25) is 0 Å². The predicted molar refractivity (Wildman–Crippen MR) is 38.7 cm³/mol. The molecule has 1 rings (SSSR count). The van der Waals surface area contributed by atoms with Crippen molar-refractivity contribution in [1.82, 2.24) is 9.78 Å². The minimum Gasteiger partial charge on any atom is -0.268 e. The van der Waals surface area contributed by atoms with Crippen molar-refractivity contribution in [2.45, 2.75) is 13.0 Å². The minimum absolute atomic E-state index is 0.164. The van der Waals surface area contributed by atoms with E-state index in [-0.39, 0.29) is 5.56 Å². The normalized spacial score (nSPS) is 9.00. The fraction of sp³-hybridized carbons (Fsp3) is 0.286. The molecule has 0 aromatic carbocycles. The van der Waals surface area contributed by atoms with Crippen LogP contribution in [0.1, 0.15) is 6.42 Å². The summed E-state index contributed by atoms with van der Waals surface area (Å²) in [6.45, 7) is 0.371. The van der Waals surface area contributed by atoms with Crippen LogP contribution in [0.5, 0.6) is 0 Å². The van der Waals surface area contributed by atoms with Gasteiger partial charge in [0.15, 0.2) is 0 Å². The van der Waals surface area contributed by atoms with Gasteiger partial charge in [-0.25, -0.2) is 4.68 Å². The molecule has 0 bridgehead atoms. The Hall–Kier alpha value is -1.63. The number of hydrogen-bond acceptors (Lipinski definition) is 3. The van der Waals surface area contributed by atoms with Gasteiger partial charge in [0.05, 0.1) is 19.0 Å². The van der Waals surface area contributed by atoms with Gasteiger partial charge in [-0.2, -0.15) is 10.4 Å². The zero-order chi connectivity index (χ0) is 8.10. The van der Waals surface area contributed by atoms with E-state index in [9.17, 15) is 4.79 Å². The van der Waals surface area contributed by atoms with Crippen LogP contribution < -0.4 is 5.56 Å². The van der Waals surface area contributed by atoms with Gasteiger partial charge in [-0.15, -0.1) is 0 Å². The van der Waals surface area contributed by atoms with Crippen molar-refractivity contribution in [3.63, 3.8) is 0 Å². The van der Waals surface area contributed by atoms with Crippen LogP contribution in [0, 0.1) is 11.3 Å². The van der Waals surface area contributed by atoms with E-state index in [4.69, 9.17) is 5.26 Å². The van der Waals surface area contributed by atoms with E-state index in [1.165, 1.54) is 16.9 Å². The standard InChI is InChI=1S/C7H7N3O/c8-4-2-6-10-7(11)3-1-5-9-10/h1,3,5H,2,6H2. The van der Waals surface area contributed by atoms with Crippen LogP contribution in [0.2, 0.25) is 0 Å². The topological polar surface area (TPSA) is 58.7 Å². The maximum atomic E-state index is 10.9. The van der Waals surface area contributed by atoms with Gasteiger partial charge in [0.25, 0.3) is 5.56 Å². The Labute approximate surface area is 63.7 Å². The number of nitrogens with zero attached hydrogens (tertiary/aromatic N) is 3. The maximum Gasteiger partial charge on any atom is 0.266 e. The first-order valence-corrected chi connectivity index (χ1v) is 3.23. The van der Waals surface area contributed by atoms with Crippen molar-refractivity contribution in [2.75, 3.05) is 0 Å². The lowest BCUT2D eigenvalue weighted by molar-refractivity contribution is 0.588. The summed E-state index contributed by atoms with van der Waals surface area (Å²) >= 11 is 0. The zero-order valence-electron chi connectivity index (χ0n) is 5.90. The van der Waals surface area contributed by atoms with Crippen molar-refractivity contribution in [1.29, 1.82) is 5.26 Å². The highest BCUT2D eigenvalue weighted by Gasteiger charge is 1.92. The molecule has 0 spiro atoms. The van der Waals surface area contributed by atoms with Crippen LogP contribution in [0.4, 0.5) is 0 Å². The number of hydrogen-bond donors (Lipinski definition) is 0. The summed E-state index contributed by atoms with van der Waals surface area (Å²) in [7, 11) is 0. The first kappa shape index (κ1) is 7.48. The largest absolute Gasteiger partial charge is 0.268 e. The number of rotatable bonds is 2. The Morgan fingerprint density at radius 2 is 2.55 bits per heavy atom. The summed E-state index contributed by atoms with van der Waals surface area (Å²) in [6, 6.07) is 4.94.